The molecule has 2 N–H and O–H groups in total. The van der Waals surface area contributed by atoms with E-state index in [1.54, 1.807) is 7.05 Å². The maximum atomic E-state index is 5.66. The molecule has 1 aromatic carbocycles. The Kier molecular flexibility index (Phi) is 7.56. The van der Waals surface area contributed by atoms with Crippen molar-refractivity contribution in [1.82, 2.24) is 10.6 Å². The lowest BCUT2D eigenvalue weighted by molar-refractivity contribution is 0.441. The molecule has 0 spiro atoms. The van der Waals surface area contributed by atoms with Crippen molar-refractivity contribution in [3.05, 3.63) is 65.6 Å². The molecule has 2 heterocycles. The van der Waals surface area contributed by atoms with Crippen molar-refractivity contribution in [3.63, 3.8) is 0 Å². The molecule has 0 amide bonds. The molecule has 0 bridgehead atoms. The number of nitrogens with zero attached hydrogens (tertiary/aromatic N) is 2. The number of aryl methyl sites for hydroxylation is 1. The molecule has 1 unspecified atom stereocenters. The van der Waals surface area contributed by atoms with E-state index in [1.165, 1.54) is 11.3 Å². The fourth-order valence-corrected chi connectivity index (χ4v) is 2.86. The summed E-state index contributed by atoms with van der Waals surface area (Å²) in [5.74, 6) is 2.58. The first-order chi connectivity index (χ1) is 12.2. The molecule has 1 atom stereocenters. The summed E-state index contributed by atoms with van der Waals surface area (Å²) in [7, 11) is 1.78. The van der Waals surface area contributed by atoms with Crippen molar-refractivity contribution < 1.29 is 4.42 Å². The van der Waals surface area contributed by atoms with Gasteiger partial charge in [-0.1, -0.05) is 24.3 Å². The summed E-state index contributed by atoms with van der Waals surface area (Å²) < 4.78 is 5.66. The fraction of sp³-hybridized carbons (Fsp3) is 0.350. The quantitative estimate of drug-likeness (QED) is 0.303. The molecule has 0 aliphatic carbocycles. The molecule has 1 aliphatic heterocycles. The molecule has 0 radical (unpaired) electrons. The van der Waals surface area contributed by atoms with Gasteiger partial charge in [-0.15, -0.1) is 24.0 Å². The first kappa shape index (κ1) is 20.4. The molecule has 0 fully saturated rings. The van der Waals surface area contributed by atoms with Crippen LogP contribution in [0.3, 0.4) is 0 Å². The van der Waals surface area contributed by atoms with Crippen LogP contribution in [0.2, 0.25) is 0 Å². The topological polar surface area (TPSA) is 52.8 Å². The van der Waals surface area contributed by atoms with Crippen LogP contribution in [0.4, 0.5) is 5.69 Å². The Labute approximate surface area is 172 Å². The van der Waals surface area contributed by atoms with Crippen molar-refractivity contribution in [2.75, 3.05) is 25.0 Å². The highest BCUT2D eigenvalue weighted by Crippen LogP contribution is 2.18. The van der Waals surface area contributed by atoms with E-state index in [0.717, 1.165) is 37.1 Å². The third-order valence-corrected chi connectivity index (χ3v) is 4.34. The number of anilines is 1. The summed E-state index contributed by atoms with van der Waals surface area (Å²) >= 11 is 0. The predicted molar refractivity (Wildman–Crippen MR) is 118 cm³/mol. The first-order valence-corrected chi connectivity index (χ1v) is 8.68. The molecule has 1 aliphatic rings. The van der Waals surface area contributed by atoms with Gasteiger partial charge in [0.25, 0.3) is 0 Å². The van der Waals surface area contributed by atoms with Crippen LogP contribution >= 0.6 is 24.0 Å². The molecule has 6 heteroatoms. The minimum atomic E-state index is 0. The highest BCUT2D eigenvalue weighted by molar-refractivity contribution is 14.0. The average Bonchev–Trinajstić information content (AvgIpc) is 3.30. The Morgan fingerprint density at radius 1 is 1.15 bits per heavy atom. The van der Waals surface area contributed by atoms with Crippen LogP contribution in [0.15, 0.2) is 58.0 Å². The molecular weight excluding hydrogens is 439 g/mol. The van der Waals surface area contributed by atoms with Crippen molar-refractivity contribution in [2.45, 2.75) is 26.4 Å². The summed E-state index contributed by atoms with van der Waals surface area (Å²) in [5.41, 5.74) is 2.48. The number of furan rings is 1. The number of halogens is 1. The summed E-state index contributed by atoms with van der Waals surface area (Å²) in [5, 5.41) is 6.70. The van der Waals surface area contributed by atoms with Gasteiger partial charge in [-0.05, 0) is 43.7 Å². The highest BCUT2D eigenvalue weighted by atomic mass is 127. The lowest BCUT2D eigenvalue weighted by Crippen LogP contribution is -2.38. The number of aliphatic imine (C=N–C) groups is 1. The van der Waals surface area contributed by atoms with Crippen molar-refractivity contribution in [2.24, 2.45) is 4.99 Å². The molecule has 2 aromatic rings. The van der Waals surface area contributed by atoms with Crippen molar-refractivity contribution in [3.8, 4) is 0 Å². The summed E-state index contributed by atoms with van der Waals surface area (Å²) in [4.78, 5) is 6.63. The predicted octanol–water partition coefficient (Wildman–Crippen LogP) is 4.01. The van der Waals surface area contributed by atoms with E-state index in [0.29, 0.717) is 0 Å². The Morgan fingerprint density at radius 2 is 1.85 bits per heavy atom. The van der Waals surface area contributed by atoms with Crippen LogP contribution in [0.5, 0.6) is 0 Å². The van der Waals surface area contributed by atoms with E-state index in [-0.39, 0.29) is 30.0 Å². The van der Waals surface area contributed by atoms with E-state index in [9.17, 15) is 0 Å². The largest absolute Gasteiger partial charge is 0.464 e. The molecule has 0 saturated heterocycles. The normalized spacial score (nSPS) is 14.9. The zero-order chi connectivity index (χ0) is 17.6. The van der Waals surface area contributed by atoms with E-state index in [4.69, 9.17) is 4.42 Å². The van der Waals surface area contributed by atoms with Crippen molar-refractivity contribution >= 4 is 35.6 Å². The van der Waals surface area contributed by atoms with Gasteiger partial charge in [0.1, 0.15) is 11.5 Å². The molecular formula is C20H27IN4O. The molecule has 1 aromatic heterocycles. The third kappa shape index (κ3) is 5.27. The van der Waals surface area contributed by atoms with Crippen LogP contribution in [-0.2, 0) is 6.54 Å². The van der Waals surface area contributed by atoms with Crippen LogP contribution in [0.25, 0.3) is 0 Å². The summed E-state index contributed by atoms with van der Waals surface area (Å²) in [6, 6.07) is 12.7. The smallest absolute Gasteiger partial charge is 0.191 e. The van der Waals surface area contributed by atoms with Gasteiger partial charge in [0, 0.05) is 32.4 Å². The van der Waals surface area contributed by atoms with Crippen LogP contribution < -0.4 is 15.5 Å². The standard InChI is InChI=1S/C20H26N4O.HI/c1-15-6-11-19(25-15)16(2)23-20(21-3)22-14-17-7-9-18(10-8-17)24-12-4-5-13-24;/h4-11,16H,12-14H2,1-3H3,(H2,21,22,23);1H. The van der Waals surface area contributed by atoms with Gasteiger partial charge in [-0.3, -0.25) is 4.99 Å². The van der Waals surface area contributed by atoms with Crippen LogP contribution in [-0.4, -0.2) is 26.1 Å². The van der Waals surface area contributed by atoms with E-state index in [1.807, 2.05) is 19.1 Å². The van der Waals surface area contributed by atoms with Gasteiger partial charge in [-0.25, -0.2) is 0 Å². The second-order valence-electron chi connectivity index (χ2n) is 6.28. The average molecular weight is 466 g/mol. The van der Waals surface area contributed by atoms with E-state index in [2.05, 4.69) is 63.9 Å². The maximum Gasteiger partial charge on any atom is 0.191 e. The molecule has 0 saturated carbocycles. The Bertz CT molecular complexity index is 743. The van der Waals surface area contributed by atoms with Gasteiger partial charge >= 0.3 is 0 Å². The molecule has 26 heavy (non-hydrogen) atoms. The monoisotopic (exact) mass is 466 g/mol. The fourth-order valence-electron chi connectivity index (χ4n) is 2.86. The second kappa shape index (κ2) is 9.66. The molecule has 140 valence electrons. The van der Waals surface area contributed by atoms with Crippen LogP contribution in [0.1, 0.15) is 30.0 Å². The Hall–Kier alpha value is -1.96. The van der Waals surface area contributed by atoms with Gasteiger partial charge in [0.15, 0.2) is 5.96 Å². The van der Waals surface area contributed by atoms with Crippen LogP contribution in [0, 0.1) is 6.92 Å². The Balaban J connectivity index is 0.00000243. The number of guanidine groups is 1. The Morgan fingerprint density at radius 3 is 2.42 bits per heavy atom. The van der Waals surface area contributed by atoms with Gasteiger partial charge in [-0.2, -0.15) is 0 Å². The molecule has 3 rings (SSSR count). The van der Waals surface area contributed by atoms with Gasteiger partial charge < -0.3 is 20.0 Å². The minimum absolute atomic E-state index is 0. The SMILES string of the molecule is CN=C(NCc1ccc(N2CC=CC2)cc1)NC(C)c1ccc(C)o1.I. The maximum absolute atomic E-state index is 5.66. The van der Waals surface area contributed by atoms with Gasteiger partial charge in [0.05, 0.1) is 6.04 Å². The number of benzene rings is 1. The minimum Gasteiger partial charge on any atom is -0.464 e. The lowest BCUT2D eigenvalue weighted by atomic mass is 10.2. The number of hydrogen-bond acceptors (Lipinski definition) is 3. The number of rotatable bonds is 5. The van der Waals surface area contributed by atoms with Gasteiger partial charge in [0.2, 0.25) is 0 Å². The summed E-state index contributed by atoms with van der Waals surface area (Å²) in [6.07, 6.45) is 4.40. The van der Waals surface area contributed by atoms with E-state index < -0.39 is 0 Å². The summed E-state index contributed by atoms with van der Waals surface area (Å²) in [6.45, 7) is 6.73. The first-order valence-electron chi connectivity index (χ1n) is 8.68. The number of nitrogens with one attached hydrogen (secondary N) is 2. The zero-order valence-electron chi connectivity index (χ0n) is 15.5. The second-order valence-corrected chi connectivity index (χ2v) is 6.28. The number of hydrogen-bond donors (Lipinski definition) is 2. The zero-order valence-corrected chi connectivity index (χ0v) is 17.9. The molecule has 5 nitrogen and oxygen atoms in total. The lowest BCUT2D eigenvalue weighted by Gasteiger charge is -2.19. The third-order valence-electron chi connectivity index (χ3n) is 4.34. The van der Waals surface area contributed by atoms with Crippen molar-refractivity contribution in [1.29, 1.82) is 0 Å². The highest BCUT2D eigenvalue weighted by Gasteiger charge is 2.11. The van der Waals surface area contributed by atoms with E-state index >= 15 is 0 Å².